The Balaban J connectivity index is 1.99. The van der Waals surface area contributed by atoms with Gasteiger partial charge in [-0.25, -0.2) is 4.98 Å². The van der Waals surface area contributed by atoms with Gasteiger partial charge in [-0.2, -0.15) is 0 Å². The number of pyridine rings is 2. The normalized spacial score (nSPS) is 9.83. The molecule has 0 aliphatic rings. The first-order valence-electron chi connectivity index (χ1n) is 5.47. The van der Waals surface area contributed by atoms with Crippen molar-refractivity contribution in [3.8, 4) is 5.88 Å². The predicted octanol–water partition coefficient (Wildman–Crippen LogP) is 1.42. The minimum absolute atomic E-state index is 0.160. The summed E-state index contributed by atoms with van der Waals surface area (Å²) in [6.45, 7) is 0.464. The predicted molar refractivity (Wildman–Crippen MR) is 66.2 cm³/mol. The molecule has 1 amide bonds. The van der Waals surface area contributed by atoms with Gasteiger partial charge in [-0.05, 0) is 23.8 Å². The molecule has 0 aromatic carbocycles. The molecular weight excluding hydrogens is 230 g/mol. The molecule has 0 unspecified atom stereocenters. The molecule has 0 radical (unpaired) electrons. The van der Waals surface area contributed by atoms with Gasteiger partial charge in [0, 0.05) is 36.8 Å². The fourth-order valence-corrected chi connectivity index (χ4v) is 1.45. The molecule has 0 spiro atoms. The zero-order chi connectivity index (χ0) is 12.8. The minimum atomic E-state index is -0.160. The monoisotopic (exact) mass is 243 g/mol. The van der Waals surface area contributed by atoms with Crippen molar-refractivity contribution in [3.63, 3.8) is 0 Å². The average Bonchev–Trinajstić information content (AvgIpc) is 2.46. The maximum atomic E-state index is 11.9. The van der Waals surface area contributed by atoms with E-state index in [-0.39, 0.29) is 5.91 Å². The number of carbonyl (C=O) groups excluding carboxylic acids is 1. The fourth-order valence-electron chi connectivity index (χ4n) is 1.45. The Labute approximate surface area is 105 Å². The van der Waals surface area contributed by atoms with Crippen molar-refractivity contribution in [2.75, 3.05) is 7.11 Å². The summed E-state index contributed by atoms with van der Waals surface area (Å²) in [7, 11) is 1.51. The molecule has 2 aromatic heterocycles. The van der Waals surface area contributed by atoms with Crippen molar-refractivity contribution in [1.29, 1.82) is 0 Å². The van der Waals surface area contributed by atoms with Crippen LogP contribution < -0.4 is 10.1 Å². The van der Waals surface area contributed by atoms with Gasteiger partial charge >= 0.3 is 0 Å². The maximum Gasteiger partial charge on any atom is 0.251 e. The molecule has 18 heavy (non-hydrogen) atoms. The van der Waals surface area contributed by atoms with E-state index in [0.717, 1.165) is 5.56 Å². The van der Waals surface area contributed by atoms with Crippen LogP contribution in [0, 0.1) is 0 Å². The van der Waals surface area contributed by atoms with Crippen molar-refractivity contribution >= 4 is 5.91 Å². The van der Waals surface area contributed by atoms with Gasteiger partial charge in [0.25, 0.3) is 5.91 Å². The highest BCUT2D eigenvalue weighted by atomic mass is 16.5. The van der Waals surface area contributed by atoms with Crippen molar-refractivity contribution in [2.45, 2.75) is 6.54 Å². The van der Waals surface area contributed by atoms with Crippen LogP contribution in [0.25, 0.3) is 0 Å². The Hall–Kier alpha value is -2.43. The van der Waals surface area contributed by atoms with Gasteiger partial charge in [0.15, 0.2) is 0 Å². The van der Waals surface area contributed by atoms with E-state index in [2.05, 4.69) is 15.3 Å². The molecule has 0 fully saturated rings. The lowest BCUT2D eigenvalue weighted by molar-refractivity contribution is 0.0950. The summed E-state index contributed by atoms with van der Waals surface area (Å²) < 4.78 is 4.97. The number of methoxy groups -OCH3 is 1. The van der Waals surface area contributed by atoms with E-state index in [1.165, 1.54) is 7.11 Å². The van der Waals surface area contributed by atoms with Crippen molar-refractivity contribution < 1.29 is 9.53 Å². The summed E-state index contributed by atoms with van der Waals surface area (Å²) in [6.07, 6.45) is 4.92. The van der Waals surface area contributed by atoms with Crippen LogP contribution in [0.3, 0.4) is 0 Å². The molecule has 2 heterocycles. The summed E-state index contributed by atoms with van der Waals surface area (Å²) in [5, 5.41) is 2.82. The van der Waals surface area contributed by atoms with E-state index in [0.29, 0.717) is 18.0 Å². The lowest BCUT2D eigenvalue weighted by Gasteiger charge is -2.06. The Morgan fingerprint density at radius 2 is 2.06 bits per heavy atom. The molecule has 0 aliphatic heterocycles. The topological polar surface area (TPSA) is 64.1 Å². The van der Waals surface area contributed by atoms with Crippen molar-refractivity contribution in [2.24, 2.45) is 0 Å². The Kier molecular flexibility index (Phi) is 3.86. The van der Waals surface area contributed by atoms with Crippen LogP contribution in [0.4, 0.5) is 0 Å². The van der Waals surface area contributed by atoms with Gasteiger partial charge < -0.3 is 10.1 Å². The van der Waals surface area contributed by atoms with E-state index < -0.39 is 0 Å². The standard InChI is InChI=1S/C13H13N3O2/c1-18-12-8-11(4-7-15-12)13(17)16-9-10-2-5-14-6-3-10/h2-8H,9H2,1H3,(H,16,17). The molecule has 0 bridgehead atoms. The number of hydrogen-bond acceptors (Lipinski definition) is 4. The molecule has 5 heteroatoms. The largest absolute Gasteiger partial charge is 0.481 e. The number of hydrogen-bond donors (Lipinski definition) is 1. The quantitative estimate of drug-likeness (QED) is 0.882. The van der Waals surface area contributed by atoms with Crippen LogP contribution in [0.15, 0.2) is 42.9 Å². The number of rotatable bonds is 4. The van der Waals surface area contributed by atoms with Crippen LogP contribution in [-0.4, -0.2) is 23.0 Å². The van der Waals surface area contributed by atoms with Crippen LogP contribution in [0.5, 0.6) is 5.88 Å². The van der Waals surface area contributed by atoms with Crippen molar-refractivity contribution in [3.05, 3.63) is 54.0 Å². The first-order chi connectivity index (χ1) is 8.79. The zero-order valence-electron chi connectivity index (χ0n) is 9.96. The Morgan fingerprint density at radius 3 is 2.78 bits per heavy atom. The van der Waals surface area contributed by atoms with Gasteiger partial charge in [0.05, 0.1) is 7.11 Å². The van der Waals surface area contributed by atoms with Gasteiger partial charge in [0.1, 0.15) is 0 Å². The van der Waals surface area contributed by atoms with Crippen LogP contribution in [0.1, 0.15) is 15.9 Å². The highest BCUT2D eigenvalue weighted by molar-refractivity contribution is 5.94. The highest BCUT2D eigenvalue weighted by Gasteiger charge is 2.06. The zero-order valence-corrected chi connectivity index (χ0v) is 9.96. The summed E-state index contributed by atoms with van der Waals surface area (Å²) in [5.74, 6) is 0.263. The number of nitrogens with zero attached hydrogens (tertiary/aromatic N) is 2. The second kappa shape index (κ2) is 5.77. The molecular formula is C13H13N3O2. The molecule has 2 rings (SSSR count). The molecule has 2 aromatic rings. The lowest BCUT2D eigenvalue weighted by Crippen LogP contribution is -2.22. The smallest absolute Gasteiger partial charge is 0.251 e. The molecule has 0 saturated carbocycles. The van der Waals surface area contributed by atoms with Crippen molar-refractivity contribution in [1.82, 2.24) is 15.3 Å². The minimum Gasteiger partial charge on any atom is -0.481 e. The van der Waals surface area contributed by atoms with E-state index in [1.807, 2.05) is 12.1 Å². The molecule has 0 saturated heterocycles. The third-order valence-corrected chi connectivity index (χ3v) is 2.41. The Bertz CT molecular complexity index is 529. The third kappa shape index (κ3) is 3.04. The number of carbonyl (C=O) groups is 1. The maximum absolute atomic E-state index is 11.9. The van der Waals surface area contributed by atoms with E-state index >= 15 is 0 Å². The van der Waals surface area contributed by atoms with Gasteiger partial charge in [0.2, 0.25) is 5.88 Å². The lowest BCUT2D eigenvalue weighted by atomic mass is 10.2. The first-order valence-corrected chi connectivity index (χ1v) is 5.47. The highest BCUT2D eigenvalue weighted by Crippen LogP contribution is 2.08. The summed E-state index contributed by atoms with van der Waals surface area (Å²) >= 11 is 0. The summed E-state index contributed by atoms with van der Waals surface area (Å²) in [5.41, 5.74) is 1.52. The van der Waals surface area contributed by atoms with E-state index in [1.54, 1.807) is 30.7 Å². The molecule has 1 N–H and O–H groups in total. The molecule has 0 atom stereocenters. The van der Waals surface area contributed by atoms with Gasteiger partial charge in [-0.3, -0.25) is 9.78 Å². The second-order valence-corrected chi connectivity index (χ2v) is 3.63. The number of aromatic nitrogens is 2. The van der Waals surface area contributed by atoms with Crippen LogP contribution >= 0.6 is 0 Å². The molecule has 0 aliphatic carbocycles. The first kappa shape index (κ1) is 12.0. The number of amides is 1. The summed E-state index contributed by atoms with van der Waals surface area (Å²) in [6, 6.07) is 6.95. The molecule has 92 valence electrons. The SMILES string of the molecule is COc1cc(C(=O)NCc2ccncc2)ccn1. The second-order valence-electron chi connectivity index (χ2n) is 3.63. The fraction of sp³-hybridized carbons (Fsp3) is 0.154. The van der Waals surface area contributed by atoms with Gasteiger partial charge in [-0.15, -0.1) is 0 Å². The van der Waals surface area contributed by atoms with Gasteiger partial charge in [-0.1, -0.05) is 0 Å². The Morgan fingerprint density at radius 1 is 1.28 bits per heavy atom. The van der Waals surface area contributed by atoms with E-state index in [4.69, 9.17) is 4.74 Å². The number of ether oxygens (including phenoxy) is 1. The van der Waals surface area contributed by atoms with Crippen LogP contribution in [-0.2, 0) is 6.54 Å². The van der Waals surface area contributed by atoms with Crippen LogP contribution in [0.2, 0.25) is 0 Å². The van der Waals surface area contributed by atoms with E-state index in [9.17, 15) is 4.79 Å². The third-order valence-electron chi connectivity index (χ3n) is 2.41. The average molecular weight is 243 g/mol. The molecule has 5 nitrogen and oxygen atoms in total. The summed E-state index contributed by atoms with van der Waals surface area (Å²) in [4.78, 5) is 19.7. The number of nitrogens with one attached hydrogen (secondary N) is 1.